The van der Waals surface area contributed by atoms with Crippen molar-refractivity contribution in [3.63, 3.8) is 0 Å². The first-order valence-electron chi connectivity index (χ1n) is 11.4. The molecule has 0 spiro atoms. The molecular formula is C23H34N6O. The number of nitrogens with zero attached hydrogens (tertiary/aromatic N) is 4. The molecular weight excluding hydrogens is 376 g/mol. The van der Waals surface area contributed by atoms with Crippen molar-refractivity contribution in [3.8, 4) is 0 Å². The monoisotopic (exact) mass is 410 g/mol. The third-order valence-electron chi connectivity index (χ3n) is 5.85. The molecule has 1 aliphatic heterocycles. The van der Waals surface area contributed by atoms with Crippen molar-refractivity contribution < 1.29 is 4.74 Å². The fourth-order valence-corrected chi connectivity index (χ4v) is 4.43. The van der Waals surface area contributed by atoms with E-state index in [4.69, 9.17) is 9.73 Å². The predicted molar refractivity (Wildman–Crippen MR) is 119 cm³/mol. The molecule has 0 bridgehead atoms. The van der Waals surface area contributed by atoms with Gasteiger partial charge in [0.25, 0.3) is 0 Å². The predicted octanol–water partition coefficient (Wildman–Crippen LogP) is 2.94. The van der Waals surface area contributed by atoms with Crippen LogP contribution in [-0.2, 0) is 24.1 Å². The third-order valence-corrected chi connectivity index (χ3v) is 5.85. The van der Waals surface area contributed by atoms with Crippen molar-refractivity contribution >= 4 is 5.96 Å². The number of ether oxygens (including phenoxy) is 1. The minimum absolute atomic E-state index is 0.243. The second-order valence-corrected chi connectivity index (χ2v) is 8.20. The maximum atomic E-state index is 6.21. The fraction of sp³-hybridized carbons (Fsp3) is 0.609. The van der Waals surface area contributed by atoms with Crippen molar-refractivity contribution in [3.05, 3.63) is 47.0 Å². The Morgan fingerprint density at radius 3 is 3.07 bits per heavy atom. The first kappa shape index (κ1) is 20.8. The molecule has 0 fully saturated rings. The molecule has 1 aliphatic carbocycles. The van der Waals surface area contributed by atoms with Gasteiger partial charge in [-0.25, -0.2) is 9.67 Å². The van der Waals surface area contributed by atoms with E-state index >= 15 is 0 Å². The van der Waals surface area contributed by atoms with Gasteiger partial charge < -0.3 is 15.4 Å². The summed E-state index contributed by atoms with van der Waals surface area (Å²) in [5, 5.41) is 11.4. The lowest BCUT2D eigenvalue weighted by molar-refractivity contribution is 0.0403. The maximum Gasteiger partial charge on any atom is 0.191 e. The highest BCUT2D eigenvalue weighted by atomic mass is 16.5. The van der Waals surface area contributed by atoms with Gasteiger partial charge in [0.2, 0.25) is 0 Å². The van der Waals surface area contributed by atoms with Gasteiger partial charge in [0.15, 0.2) is 5.96 Å². The molecule has 0 amide bonds. The first-order valence-corrected chi connectivity index (χ1v) is 11.4. The highest BCUT2D eigenvalue weighted by molar-refractivity contribution is 5.80. The summed E-state index contributed by atoms with van der Waals surface area (Å²) in [6, 6.07) is 9.03. The second-order valence-electron chi connectivity index (χ2n) is 8.20. The van der Waals surface area contributed by atoms with Crippen LogP contribution in [0, 0.1) is 6.92 Å². The Kier molecular flexibility index (Phi) is 7.00. The van der Waals surface area contributed by atoms with Crippen molar-refractivity contribution in [2.24, 2.45) is 4.99 Å². The van der Waals surface area contributed by atoms with Gasteiger partial charge in [-0.2, -0.15) is 5.10 Å². The smallest absolute Gasteiger partial charge is 0.191 e. The Bertz CT molecular complexity index is 861. The van der Waals surface area contributed by atoms with E-state index in [1.165, 1.54) is 24.0 Å². The van der Waals surface area contributed by atoms with Gasteiger partial charge in [-0.3, -0.25) is 4.99 Å². The Labute approximate surface area is 179 Å². The van der Waals surface area contributed by atoms with Gasteiger partial charge in [0.1, 0.15) is 11.6 Å². The zero-order valence-corrected chi connectivity index (χ0v) is 18.2. The lowest BCUT2D eigenvalue weighted by Gasteiger charge is -2.26. The molecule has 1 aromatic carbocycles. The second kappa shape index (κ2) is 10.1. The lowest BCUT2D eigenvalue weighted by Crippen LogP contribution is -2.47. The van der Waals surface area contributed by atoms with Gasteiger partial charge in [-0.1, -0.05) is 24.3 Å². The zero-order valence-electron chi connectivity index (χ0n) is 18.2. The van der Waals surface area contributed by atoms with Crippen LogP contribution < -0.4 is 10.6 Å². The topological polar surface area (TPSA) is 76.4 Å². The third kappa shape index (κ3) is 5.19. The number of rotatable bonds is 7. The number of hydrogen-bond acceptors (Lipinski definition) is 4. The lowest BCUT2D eigenvalue weighted by atomic mass is 9.89. The average Bonchev–Trinajstić information content (AvgIpc) is 3.13. The molecule has 2 unspecified atom stereocenters. The van der Waals surface area contributed by atoms with E-state index in [9.17, 15) is 0 Å². The summed E-state index contributed by atoms with van der Waals surface area (Å²) in [5.74, 6) is 2.83. The van der Waals surface area contributed by atoms with Crippen LogP contribution in [0.5, 0.6) is 0 Å². The van der Waals surface area contributed by atoms with Crippen LogP contribution in [0.2, 0.25) is 0 Å². The van der Waals surface area contributed by atoms with Crippen LogP contribution >= 0.6 is 0 Å². The van der Waals surface area contributed by atoms with Crippen LogP contribution in [0.15, 0.2) is 29.3 Å². The summed E-state index contributed by atoms with van der Waals surface area (Å²) >= 11 is 0. The number of hydrogen-bond donors (Lipinski definition) is 2. The minimum Gasteiger partial charge on any atom is -0.373 e. The molecule has 1 aromatic heterocycles. The SMILES string of the molecule is CCNC(=NCCCOC1CCCc2ccccc21)NC1CCc2nc(C)nn2C1. The Morgan fingerprint density at radius 2 is 2.17 bits per heavy atom. The molecule has 2 heterocycles. The van der Waals surface area contributed by atoms with Gasteiger partial charge in [0, 0.05) is 32.2 Å². The number of guanidine groups is 1. The van der Waals surface area contributed by atoms with Crippen LogP contribution in [-0.4, -0.2) is 46.5 Å². The number of aryl methyl sites for hydroxylation is 3. The van der Waals surface area contributed by atoms with Crippen molar-refractivity contribution in [1.82, 2.24) is 25.4 Å². The highest BCUT2D eigenvalue weighted by Gasteiger charge is 2.22. The van der Waals surface area contributed by atoms with E-state index in [0.717, 1.165) is 69.5 Å². The molecule has 2 N–H and O–H groups in total. The molecule has 2 aliphatic rings. The number of nitrogens with one attached hydrogen (secondary N) is 2. The molecule has 30 heavy (non-hydrogen) atoms. The van der Waals surface area contributed by atoms with Gasteiger partial charge >= 0.3 is 0 Å². The van der Waals surface area contributed by atoms with Crippen LogP contribution in [0.4, 0.5) is 0 Å². The first-order chi connectivity index (χ1) is 14.7. The largest absolute Gasteiger partial charge is 0.373 e. The normalized spacial score (nSPS) is 21.1. The number of aliphatic imine (C=N–C) groups is 1. The molecule has 0 radical (unpaired) electrons. The molecule has 162 valence electrons. The van der Waals surface area contributed by atoms with Crippen molar-refractivity contribution in [2.75, 3.05) is 19.7 Å². The van der Waals surface area contributed by atoms with E-state index in [-0.39, 0.29) is 6.10 Å². The molecule has 7 heteroatoms. The summed E-state index contributed by atoms with van der Waals surface area (Å²) in [6.45, 7) is 7.23. The molecule has 0 saturated carbocycles. The molecule has 7 nitrogen and oxygen atoms in total. The van der Waals surface area contributed by atoms with Crippen LogP contribution in [0.1, 0.15) is 61.5 Å². The summed E-state index contributed by atoms with van der Waals surface area (Å²) in [7, 11) is 0. The molecule has 2 aromatic rings. The van der Waals surface area contributed by atoms with Crippen molar-refractivity contribution in [1.29, 1.82) is 0 Å². The van der Waals surface area contributed by atoms with Gasteiger partial charge in [-0.15, -0.1) is 0 Å². The van der Waals surface area contributed by atoms with Crippen LogP contribution in [0.3, 0.4) is 0 Å². The summed E-state index contributed by atoms with van der Waals surface area (Å²) in [6.07, 6.45) is 6.68. The van der Waals surface area contributed by atoms with E-state index in [2.05, 4.69) is 51.9 Å². The molecule has 0 saturated heterocycles. The van der Waals surface area contributed by atoms with E-state index < -0.39 is 0 Å². The number of aromatic nitrogens is 3. The highest BCUT2D eigenvalue weighted by Crippen LogP contribution is 2.32. The van der Waals surface area contributed by atoms with Crippen molar-refractivity contribution in [2.45, 2.75) is 71.1 Å². The molecule has 2 atom stereocenters. The number of fused-ring (bicyclic) bond motifs is 2. The van der Waals surface area contributed by atoms with E-state index in [0.29, 0.717) is 6.04 Å². The van der Waals surface area contributed by atoms with Gasteiger partial charge in [-0.05, 0) is 57.1 Å². The van der Waals surface area contributed by atoms with E-state index in [1.807, 2.05) is 11.6 Å². The Hall–Kier alpha value is -2.41. The quantitative estimate of drug-likeness (QED) is 0.417. The fourth-order valence-electron chi connectivity index (χ4n) is 4.43. The standard InChI is InChI=1S/C23H34N6O/c1-3-24-23(27-19-12-13-22-26-17(2)28-29(22)16-19)25-14-7-15-30-21-11-6-9-18-8-4-5-10-20(18)21/h4-5,8,10,19,21H,3,6-7,9,11-16H2,1-2H3,(H2,24,25,27). The number of benzene rings is 1. The van der Waals surface area contributed by atoms with Gasteiger partial charge in [0.05, 0.1) is 12.6 Å². The summed E-state index contributed by atoms with van der Waals surface area (Å²) in [5.41, 5.74) is 2.82. The zero-order chi connectivity index (χ0) is 20.8. The summed E-state index contributed by atoms with van der Waals surface area (Å²) in [4.78, 5) is 9.25. The molecule has 4 rings (SSSR count). The average molecular weight is 411 g/mol. The maximum absolute atomic E-state index is 6.21. The Morgan fingerprint density at radius 1 is 1.27 bits per heavy atom. The van der Waals surface area contributed by atoms with Crippen LogP contribution in [0.25, 0.3) is 0 Å². The Balaban J connectivity index is 1.24. The summed E-state index contributed by atoms with van der Waals surface area (Å²) < 4.78 is 8.24. The van der Waals surface area contributed by atoms with E-state index in [1.54, 1.807) is 0 Å². The minimum atomic E-state index is 0.243.